The van der Waals surface area contributed by atoms with Gasteiger partial charge in [-0.05, 0) is 96.3 Å². The lowest BCUT2D eigenvalue weighted by Crippen LogP contribution is -2.37. The van der Waals surface area contributed by atoms with Crippen molar-refractivity contribution in [3.63, 3.8) is 0 Å². The number of rotatable bonds is 5. The molecule has 0 aliphatic carbocycles. The topological polar surface area (TPSA) is 70.7 Å². The summed E-state index contributed by atoms with van der Waals surface area (Å²) in [6.45, 7) is 6.27. The van der Waals surface area contributed by atoms with Gasteiger partial charge in [0.05, 0.1) is 11.1 Å². The van der Waals surface area contributed by atoms with Crippen LogP contribution in [0.2, 0.25) is 0 Å². The van der Waals surface area contributed by atoms with Crippen LogP contribution in [0.3, 0.4) is 0 Å². The van der Waals surface area contributed by atoms with E-state index >= 15 is 0 Å². The first kappa shape index (κ1) is 23.2. The minimum atomic E-state index is -0.327. The van der Waals surface area contributed by atoms with Crippen molar-refractivity contribution in [2.24, 2.45) is 5.92 Å². The number of likely N-dealkylation sites (tertiary alicyclic amines) is 1. The van der Waals surface area contributed by atoms with Gasteiger partial charge in [0.15, 0.2) is 5.11 Å². The molecule has 0 atom stereocenters. The molecule has 2 amide bonds. The quantitative estimate of drug-likeness (QED) is 0.570. The Morgan fingerprint density at radius 1 is 1.13 bits per heavy atom. The molecule has 8 heteroatoms. The molecule has 1 aliphatic heterocycles. The summed E-state index contributed by atoms with van der Waals surface area (Å²) < 4.78 is 6.16. The van der Waals surface area contributed by atoms with Crippen LogP contribution in [0.25, 0.3) is 0 Å². The van der Waals surface area contributed by atoms with E-state index in [9.17, 15) is 9.59 Å². The van der Waals surface area contributed by atoms with Crippen LogP contribution in [0.5, 0.6) is 5.75 Å². The first-order valence-electron chi connectivity index (χ1n) is 10.3. The molecule has 2 aromatic rings. The third kappa shape index (κ3) is 6.27. The molecular weight excluding hydrogens is 478 g/mol. The van der Waals surface area contributed by atoms with Gasteiger partial charge in [-0.25, -0.2) is 0 Å². The maximum atomic E-state index is 12.6. The van der Waals surface area contributed by atoms with E-state index in [0.29, 0.717) is 39.6 Å². The number of ether oxygens (including phenoxy) is 1. The molecule has 0 bridgehead atoms. The number of halogens is 1. The van der Waals surface area contributed by atoms with E-state index in [1.54, 1.807) is 42.5 Å². The number of hydrogen-bond acceptors (Lipinski definition) is 4. The number of hydrogen-bond donors (Lipinski definition) is 2. The zero-order valence-corrected chi connectivity index (χ0v) is 20.0. The number of anilines is 1. The predicted molar refractivity (Wildman–Crippen MR) is 130 cm³/mol. The second kappa shape index (κ2) is 10.7. The van der Waals surface area contributed by atoms with Crippen molar-refractivity contribution in [1.29, 1.82) is 0 Å². The number of nitrogens with one attached hydrogen (secondary N) is 2. The first-order valence-corrected chi connectivity index (χ1v) is 11.5. The van der Waals surface area contributed by atoms with E-state index in [1.165, 1.54) is 0 Å². The number of amides is 2. The van der Waals surface area contributed by atoms with Gasteiger partial charge in [0.25, 0.3) is 11.8 Å². The lowest BCUT2D eigenvalue weighted by atomic mass is 9.98. The molecule has 0 radical (unpaired) electrons. The van der Waals surface area contributed by atoms with Crippen molar-refractivity contribution in [3.05, 3.63) is 58.1 Å². The Morgan fingerprint density at radius 2 is 1.77 bits per heavy atom. The van der Waals surface area contributed by atoms with Gasteiger partial charge >= 0.3 is 0 Å². The van der Waals surface area contributed by atoms with E-state index in [2.05, 4.69) is 33.5 Å². The van der Waals surface area contributed by atoms with E-state index in [4.69, 9.17) is 17.0 Å². The number of piperidine rings is 1. The summed E-state index contributed by atoms with van der Waals surface area (Å²) in [5, 5.41) is 5.82. The summed E-state index contributed by atoms with van der Waals surface area (Å²) in [6.07, 6.45) is 2.09. The number of nitrogens with zero attached hydrogens (tertiary/aromatic N) is 1. The molecule has 31 heavy (non-hydrogen) atoms. The Labute approximate surface area is 196 Å². The maximum Gasteiger partial charge on any atom is 0.257 e. The number of thiocarbonyl (C=S) groups is 1. The van der Waals surface area contributed by atoms with Gasteiger partial charge in [0.1, 0.15) is 5.75 Å². The number of carbonyl (C=O) groups is 2. The molecule has 0 spiro atoms. The summed E-state index contributed by atoms with van der Waals surface area (Å²) >= 11 is 8.66. The molecule has 164 valence electrons. The van der Waals surface area contributed by atoms with Gasteiger partial charge in [-0.1, -0.05) is 6.92 Å². The lowest BCUT2D eigenvalue weighted by molar-refractivity contribution is 0.0697. The summed E-state index contributed by atoms with van der Waals surface area (Å²) in [6, 6.07) is 12.2. The molecule has 0 saturated carbocycles. The van der Waals surface area contributed by atoms with Crippen molar-refractivity contribution in [3.8, 4) is 5.75 Å². The Kier molecular flexibility index (Phi) is 8.03. The summed E-state index contributed by atoms with van der Waals surface area (Å²) in [5.41, 5.74) is 1.80. The molecule has 0 aromatic heterocycles. The van der Waals surface area contributed by atoms with Gasteiger partial charge in [0, 0.05) is 29.9 Å². The molecule has 2 N–H and O–H groups in total. The second-order valence-electron chi connectivity index (χ2n) is 7.54. The normalized spacial score (nSPS) is 14.1. The second-order valence-corrected chi connectivity index (χ2v) is 8.80. The van der Waals surface area contributed by atoms with Crippen molar-refractivity contribution in [2.45, 2.75) is 26.7 Å². The molecule has 6 nitrogen and oxygen atoms in total. The Hall–Kier alpha value is -2.45. The minimum Gasteiger partial charge on any atom is -0.493 e. The number of benzene rings is 2. The van der Waals surface area contributed by atoms with Crippen molar-refractivity contribution < 1.29 is 14.3 Å². The highest BCUT2D eigenvalue weighted by Gasteiger charge is 2.21. The molecule has 3 rings (SSSR count). The summed E-state index contributed by atoms with van der Waals surface area (Å²) in [7, 11) is 0. The molecule has 1 aliphatic rings. The smallest absolute Gasteiger partial charge is 0.257 e. The van der Waals surface area contributed by atoms with Gasteiger partial charge < -0.3 is 15.0 Å². The fourth-order valence-corrected chi connectivity index (χ4v) is 4.05. The van der Waals surface area contributed by atoms with E-state index < -0.39 is 0 Å². The van der Waals surface area contributed by atoms with Crippen molar-refractivity contribution >= 4 is 50.8 Å². The van der Waals surface area contributed by atoms with Crippen LogP contribution >= 0.6 is 28.1 Å². The molecule has 1 saturated heterocycles. The molecule has 0 unspecified atom stereocenters. The van der Waals surface area contributed by atoms with Gasteiger partial charge in [-0.2, -0.15) is 0 Å². The van der Waals surface area contributed by atoms with E-state index in [0.717, 1.165) is 25.9 Å². The highest BCUT2D eigenvalue weighted by atomic mass is 79.9. The average Bonchev–Trinajstić information content (AvgIpc) is 2.75. The van der Waals surface area contributed by atoms with Crippen LogP contribution in [0.15, 0.2) is 46.9 Å². The van der Waals surface area contributed by atoms with Crippen LogP contribution in [0.1, 0.15) is 47.4 Å². The monoisotopic (exact) mass is 503 g/mol. The molecule has 2 aromatic carbocycles. The van der Waals surface area contributed by atoms with Gasteiger partial charge in [-0.15, -0.1) is 0 Å². The van der Waals surface area contributed by atoms with Crippen LogP contribution in [-0.2, 0) is 0 Å². The standard InChI is InChI=1S/C23H26BrN3O3S/c1-3-30-20-9-6-17(14-19(20)24)21(28)26-23(31)25-18-7-4-16(5-8-18)22(29)27-12-10-15(2)11-13-27/h4-9,14-15H,3,10-13H2,1-2H3,(H2,25,26,28,31). The molecule has 1 fully saturated rings. The molecular formula is C23H26BrN3O3S. The maximum absolute atomic E-state index is 12.6. The average molecular weight is 504 g/mol. The predicted octanol–water partition coefficient (Wildman–Crippen LogP) is 4.85. The fraction of sp³-hybridized carbons (Fsp3) is 0.348. The number of carbonyl (C=O) groups excluding carboxylic acids is 2. The van der Waals surface area contributed by atoms with Crippen LogP contribution in [0, 0.1) is 5.92 Å². The van der Waals surface area contributed by atoms with Crippen LogP contribution in [-0.4, -0.2) is 41.5 Å². The van der Waals surface area contributed by atoms with E-state index in [-0.39, 0.29) is 16.9 Å². The van der Waals surface area contributed by atoms with Crippen molar-refractivity contribution in [2.75, 3.05) is 25.0 Å². The first-order chi connectivity index (χ1) is 14.9. The minimum absolute atomic E-state index is 0.0513. The van der Waals surface area contributed by atoms with Gasteiger partial charge in [-0.3, -0.25) is 14.9 Å². The SMILES string of the molecule is CCOc1ccc(C(=O)NC(=S)Nc2ccc(C(=O)N3CCC(C)CC3)cc2)cc1Br. The van der Waals surface area contributed by atoms with Crippen molar-refractivity contribution in [1.82, 2.24) is 10.2 Å². The summed E-state index contributed by atoms with van der Waals surface area (Å²) in [5.74, 6) is 1.08. The van der Waals surface area contributed by atoms with E-state index in [1.807, 2.05) is 11.8 Å². The third-order valence-corrected chi connectivity index (χ3v) is 6.01. The van der Waals surface area contributed by atoms with Crippen LogP contribution in [0.4, 0.5) is 5.69 Å². The van der Waals surface area contributed by atoms with Gasteiger partial charge in [0.2, 0.25) is 0 Å². The third-order valence-electron chi connectivity index (χ3n) is 5.18. The van der Waals surface area contributed by atoms with Crippen LogP contribution < -0.4 is 15.4 Å². The summed E-state index contributed by atoms with van der Waals surface area (Å²) in [4.78, 5) is 27.0. The Balaban J connectivity index is 1.55. The molecule has 1 heterocycles. The highest BCUT2D eigenvalue weighted by molar-refractivity contribution is 9.10. The Bertz CT molecular complexity index is 957. The zero-order valence-electron chi connectivity index (χ0n) is 17.6. The largest absolute Gasteiger partial charge is 0.493 e. The zero-order chi connectivity index (χ0) is 22.4. The Morgan fingerprint density at radius 3 is 2.39 bits per heavy atom. The lowest BCUT2D eigenvalue weighted by Gasteiger charge is -2.30. The fourth-order valence-electron chi connectivity index (χ4n) is 3.34. The highest BCUT2D eigenvalue weighted by Crippen LogP contribution is 2.26.